The molecule has 1 unspecified atom stereocenters. The number of nitrogens with zero attached hydrogens (tertiary/aromatic N) is 2. The summed E-state index contributed by atoms with van der Waals surface area (Å²) >= 11 is 0.612. The number of amides is 3. The number of rotatable bonds is 7. The van der Waals surface area contributed by atoms with Gasteiger partial charge in [-0.05, 0) is 23.8 Å². The van der Waals surface area contributed by atoms with Crippen LogP contribution in [0.25, 0.3) is 0 Å². The fraction of sp³-hybridized carbons (Fsp3) is 0.238. The number of benzene rings is 2. The van der Waals surface area contributed by atoms with E-state index in [1.54, 1.807) is 0 Å². The largest absolute Gasteiger partial charge is 0.472 e. The van der Waals surface area contributed by atoms with Crippen LogP contribution in [0.15, 0.2) is 48.5 Å². The lowest BCUT2D eigenvalue weighted by Gasteiger charge is -2.29. The first-order valence-corrected chi connectivity index (χ1v) is 10.3. The lowest BCUT2D eigenvalue weighted by Crippen LogP contribution is -2.43. The molecule has 0 aromatic heterocycles. The van der Waals surface area contributed by atoms with Gasteiger partial charge in [-0.25, -0.2) is 0 Å². The first-order chi connectivity index (χ1) is 14.9. The molecule has 2 aliphatic rings. The van der Waals surface area contributed by atoms with Gasteiger partial charge in [0.15, 0.2) is 6.73 Å². The van der Waals surface area contributed by atoms with Crippen LogP contribution in [0.1, 0.15) is 26.3 Å². The van der Waals surface area contributed by atoms with Crippen LogP contribution in [0, 0.1) is 0 Å². The monoisotopic (exact) mass is 441 g/mol. The Kier molecular flexibility index (Phi) is 5.92. The molecule has 2 aliphatic heterocycles. The number of hydrogen-bond acceptors (Lipinski definition) is 7. The van der Waals surface area contributed by atoms with Gasteiger partial charge < -0.3 is 20.1 Å². The predicted molar refractivity (Wildman–Crippen MR) is 111 cm³/mol. The van der Waals surface area contributed by atoms with Gasteiger partial charge >= 0.3 is 0 Å². The molecular formula is C21H19N3O6S. The van der Waals surface area contributed by atoms with Gasteiger partial charge in [0.1, 0.15) is 5.75 Å². The van der Waals surface area contributed by atoms with Crippen molar-refractivity contribution < 1.29 is 28.7 Å². The molecule has 1 saturated heterocycles. The van der Waals surface area contributed by atoms with Crippen molar-refractivity contribution in [3.8, 4) is 5.75 Å². The third kappa shape index (κ3) is 4.39. The molecule has 0 spiro atoms. The summed E-state index contributed by atoms with van der Waals surface area (Å²) in [4.78, 5) is 51.3. The Hall–Kier alpha value is -3.37. The summed E-state index contributed by atoms with van der Waals surface area (Å²) in [5.74, 6) is -0.608. The van der Waals surface area contributed by atoms with E-state index in [1.165, 1.54) is 28.0 Å². The Morgan fingerprint density at radius 2 is 1.94 bits per heavy atom. The standard InChI is InChI=1S/C21H19N3O6S/c22-17(25)14-6-7-16-15(10-14)18(26)23(12-30-16)8-9-29-19-20(27)31-21(28)24(19)11-13-4-2-1-3-5-13/h1-7,10,19H,8-9,11-12H2,(H2,22,25). The molecule has 9 nitrogen and oxygen atoms in total. The third-order valence-corrected chi connectivity index (χ3v) is 5.71. The van der Waals surface area contributed by atoms with Gasteiger partial charge in [0.05, 0.1) is 12.2 Å². The smallest absolute Gasteiger partial charge is 0.292 e. The summed E-state index contributed by atoms with van der Waals surface area (Å²) in [6.45, 7) is 0.416. The van der Waals surface area contributed by atoms with Gasteiger partial charge in [-0.2, -0.15) is 0 Å². The van der Waals surface area contributed by atoms with Crippen LogP contribution >= 0.6 is 11.8 Å². The molecule has 3 amide bonds. The van der Waals surface area contributed by atoms with Gasteiger partial charge in [-0.1, -0.05) is 30.3 Å². The van der Waals surface area contributed by atoms with Crippen molar-refractivity contribution in [1.82, 2.24) is 9.80 Å². The molecule has 10 heteroatoms. The summed E-state index contributed by atoms with van der Waals surface area (Å²) in [5, 5.41) is -0.761. The van der Waals surface area contributed by atoms with Crippen LogP contribution < -0.4 is 10.5 Å². The van der Waals surface area contributed by atoms with E-state index in [9.17, 15) is 19.2 Å². The average molecular weight is 441 g/mol. The molecule has 160 valence electrons. The van der Waals surface area contributed by atoms with Gasteiger partial charge in [-0.15, -0.1) is 0 Å². The molecule has 2 heterocycles. The fourth-order valence-electron chi connectivity index (χ4n) is 3.30. The summed E-state index contributed by atoms with van der Waals surface area (Å²) in [6, 6.07) is 13.7. The second-order valence-electron chi connectivity index (χ2n) is 6.94. The van der Waals surface area contributed by atoms with Crippen molar-refractivity contribution in [2.45, 2.75) is 12.8 Å². The number of thioether (sulfide) groups is 1. The van der Waals surface area contributed by atoms with E-state index in [1.807, 2.05) is 30.3 Å². The minimum Gasteiger partial charge on any atom is -0.472 e. The van der Waals surface area contributed by atoms with E-state index >= 15 is 0 Å². The topological polar surface area (TPSA) is 119 Å². The zero-order valence-electron chi connectivity index (χ0n) is 16.4. The van der Waals surface area contributed by atoms with E-state index in [0.29, 0.717) is 17.5 Å². The maximum absolute atomic E-state index is 12.7. The van der Waals surface area contributed by atoms with E-state index in [2.05, 4.69) is 0 Å². The molecule has 2 aromatic rings. The van der Waals surface area contributed by atoms with Crippen molar-refractivity contribution >= 4 is 33.9 Å². The number of nitrogens with two attached hydrogens (primary N) is 1. The summed E-state index contributed by atoms with van der Waals surface area (Å²) in [5.41, 5.74) is 6.59. The molecule has 0 aliphatic carbocycles. The Balaban J connectivity index is 1.38. The Labute approximate surface area is 182 Å². The van der Waals surface area contributed by atoms with Gasteiger partial charge in [0.25, 0.3) is 11.1 Å². The minimum atomic E-state index is -1.02. The SMILES string of the molecule is NC(=O)c1ccc2c(c1)C(=O)N(CCOC1C(=O)SC(=O)N1Cc1ccccc1)CO2. The van der Waals surface area contributed by atoms with Crippen LogP contribution in [0.4, 0.5) is 4.79 Å². The molecule has 2 N–H and O–H groups in total. The molecule has 31 heavy (non-hydrogen) atoms. The number of ether oxygens (including phenoxy) is 2. The normalized spacial score (nSPS) is 18.2. The van der Waals surface area contributed by atoms with Crippen molar-refractivity contribution in [1.29, 1.82) is 0 Å². The number of fused-ring (bicyclic) bond motifs is 1. The van der Waals surface area contributed by atoms with Crippen molar-refractivity contribution in [2.24, 2.45) is 5.73 Å². The Morgan fingerprint density at radius 1 is 1.16 bits per heavy atom. The zero-order chi connectivity index (χ0) is 22.0. The minimum absolute atomic E-state index is 0.00509. The zero-order valence-corrected chi connectivity index (χ0v) is 17.2. The van der Waals surface area contributed by atoms with Gasteiger partial charge in [0.2, 0.25) is 17.3 Å². The van der Waals surface area contributed by atoms with Crippen LogP contribution in [-0.4, -0.2) is 58.1 Å². The summed E-state index contributed by atoms with van der Waals surface area (Å²) in [6.07, 6.45) is -1.02. The number of carbonyl (C=O) groups excluding carboxylic acids is 4. The average Bonchev–Trinajstić information content (AvgIpc) is 3.02. The highest BCUT2D eigenvalue weighted by atomic mass is 32.2. The van der Waals surface area contributed by atoms with Crippen LogP contribution in [0.5, 0.6) is 5.75 Å². The van der Waals surface area contributed by atoms with Crippen molar-refractivity contribution in [2.75, 3.05) is 19.9 Å². The number of primary amides is 1. The van der Waals surface area contributed by atoms with E-state index in [4.69, 9.17) is 15.2 Å². The maximum atomic E-state index is 12.7. The number of carbonyl (C=O) groups is 4. The highest BCUT2D eigenvalue weighted by Gasteiger charge is 2.40. The predicted octanol–water partition coefficient (Wildman–Crippen LogP) is 1.82. The highest BCUT2D eigenvalue weighted by Crippen LogP contribution is 2.29. The first kappa shape index (κ1) is 20.9. The lowest BCUT2D eigenvalue weighted by atomic mass is 10.1. The molecule has 0 bridgehead atoms. The molecule has 1 atom stereocenters. The first-order valence-electron chi connectivity index (χ1n) is 9.48. The van der Waals surface area contributed by atoms with Gasteiger partial charge in [0, 0.05) is 30.4 Å². The Morgan fingerprint density at radius 3 is 2.68 bits per heavy atom. The molecule has 0 saturated carbocycles. The highest BCUT2D eigenvalue weighted by molar-refractivity contribution is 8.26. The van der Waals surface area contributed by atoms with Crippen LogP contribution in [-0.2, 0) is 16.1 Å². The lowest BCUT2D eigenvalue weighted by molar-refractivity contribution is -0.130. The van der Waals surface area contributed by atoms with Gasteiger partial charge in [-0.3, -0.25) is 24.1 Å². The van der Waals surface area contributed by atoms with E-state index in [-0.39, 0.29) is 48.7 Å². The van der Waals surface area contributed by atoms with Crippen LogP contribution in [0.2, 0.25) is 0 Å². The third-order valence-electron chi connectivity index (χ3n) is 4.90. The molecule has 2 aromatic carbocycles. The second kappa shape index (κ2) is 8.78. The molecule has 4 rings (SSSR count). The van der Waals surface area contributed by atoms with Crippen molar-refractivity contribution in [3.05, 3.63) is 65.2 Å². The van der Waals surface area contributed by atoms with Crippen LogP contribution in [0.3, 0.4) is 0 Å². The Bertz CT molecular complexity index is 1040. The van der Waals surface area contributed by atoms with E-state index in [0.717, 1.165) is 5.56 Å². The fourth-order valence-corrected chi connectivity index (χ4v) is 4.04. The van der Waals surface area contributed by atoms with Crippen molar-refractivity contribution in [3.63, 3.8) is 0 Å². The second-order valence-corrected chi connectivity index (χ2v) is 7.90. The van der Waals surface area contributed by atoms with E-state index < -0.39 is 17.3 Å². The molecule has 0 radical (unpaired) electrons. The molecule has 1 fully saturated rings. The molecular weight excluding hydrogens is 422 g/mol. The summed E-state index contributed by atoms with van der Waals surface area (Å²) in [7, 11) is 0. The maximum Gasteiger partial charge on any atom is 0.292 e. The quantitative estimate of drug-likeness (QED) is 0.696. The number of hydrogen-bond donors (Lipinski definition) is 1. The summed E-state index contributed by atoms with van der Waals surface area (Å²) < 4.78 is 11.2.